The highest BCUT2D eigenvalue weighted by molar-refractivity contribution is 5.70. The molecule has 1 unspecified atom stereocenters. The Morgan fingerprint density at radius 1 is 1.25 bits per heavy atom. The van der Waals surface area contributed by atoms with Crippen molar-refractivity contribution in [2.24, 2.45) is 0 Å². The van der Waals surface area contributed by atoms with Crippen LogP contribution in [0.4, 0.5) is 10.6 Å². The molecule has 3 aliphatic rings. The van der Waals surface area contributed by atoms with Gasteiger partial charge >= 0.3 is 6.09 Å². The number of carbonyl (C=O) groups is 1. The van der Waals surface area contributed by atoms with Gasteiger partial charge in [-0.3, -0.25) is 0 Å². The van der Waals surface area contributed by atoms with E-state index < -0.39 is 5.60 Å². The summed E-state index contributed by atoms with van der Waals surface area (Å²) in [4.78, 5) is 21.7. The van der Waals surface area contributed by atoms with Crippen LogP contribution in [0.15, 0.2) is 6.07 Å². The van der Waals surface area contributed by atoms with Crippen LogP contribution in [0.2, 0.25) is 0 Å². The van der Waals surface area contributed by atoms with Crippen LogP contribution in [-0.4, -0.2) is 72.9 Å². The zero-order valence-corrected chi connectivity index (χ0v) is 20.1. The highest BCUT2D eigenvalue weighted by Gasteiger charge is 2.41. The molecule has 0 N–H and O–H groups in total. The highest BCUT2D eigenvalue weighted by Crippen LogP contribution is 2.38. The van der Waals surface area contributed by atoms with E-state index in [0.717, 1.165) is 49.6 Å². The van der Waals surface area contributed by atoms with Crippen molar-refractivity contribution in [3.63, 3.8) is 0 Å². The Hall–Kier alpha value is -2.06. The highest BCUT2D eigenvalue weighted by atomic mass is 16.7. The van der Waals surface area contributed by atoms with Gasteiger partial charge < -0.3 is 28.7 Å². The summed E-state index contributed by atoms with van der Waals surface area (Å²) in [6.07, 6.45) is 3.72. The van der Waals surface area contributed by atoms with Gasteiger partial charge in [0.25, 0.3) is 0 Å². The van der Waals surface area contributed by atoms with E-state index in [9.17, 15) is 4.79 Å². The van der Waals surface area contributed by atoms with Crippen molar-refractivity contribution >= 4 is 11.9 Å². The van der Waals surface area contributed by atoms with Crippen molar-refractivity contribution in [3.05, 3.63) is 17.3 Å². The number of pyridine rings is 1. The van der Waals surface area contributed by atoms with Crippen LogP contribution < -0.4 is 9.64 Å². The largest absolute Gasteiger partial charge is 0.489 e. The van der Waals surface area contributed by atoms with Crippen LogP contribution in [0.25, 0.3) is 0 Å². The van der Waals surface area contributed by atoms with E-state index in [0.29, 0.717) is 26.3 Å². The van der Waals surface area contributed by atoms with E-state index >= 15 is 0 Å². The van der Waals surface area contributed by atoms with Crippen molar-refractivity contribution in [1.29, 1.82) is 0 Å². The molecule has 2 saturated heterocycles. The minimum atomic E-state index is -0.492. The number of ether oxygens (including phenoxy) is 4. The maximum atomic E-state index is 12.6. The number of aryl methyl sites for hydroxylation is 1. The van der Waals surface area contributed by atoms with Gasteiger partial charge in [-0.15, -0.1) is 0 Å². The third kappa shape index (κ3) is 5.29. The van der Waals surface area contributed by atoms with E-state index in [2.05, 4.69) is 17.9 Å². The van der Waals surface area contributed by atoms with Gasteiger partial charge in [-0.2, -0.15) is 0 Å². The third-order valence-electron chi connectivity index (χ3n) is 6.14. The number of anilines is 1. The fourth-order valence-corrected chi connectivity index (χ4v) is 4.76. The lowest BCUT2D eigenvalue weighted by Crippen LogP contribution is -2.58. The molecule has 8 heteroatoms. The fourth-order valence-electron chi connectivity index (χ4n) is 4.76. The summed E-state index contributed by atoms with van der Waals surface area (Å²) in [5.41, 5.74) is 1.55. The van der Waals surface area contributed by atoms with Gasteiger partial charge in [0.2, 0.25) is 0 Å². The summed E-state index contributed by atoms with van der Waals surface area (Å²) in [5, 5.41) is 0. The third-order valence-corrected chi connectivity index (χ3v) is 6.14. The van der Waals surface area contributed by atoms with E-state index in [1.807, 2.05) is 32.6 Å². The molecule has 0 aromatic carbocycles. The van der Waals surface area contributed by atoms with Crippen molar-refractivity contribution in [2.75, 3.05) is 37.8 Å². The van der Waals surface area contributed by atoms with Crippen LogP contribution in [0.3, 0.4) is 0 Å². The van der Waals surface area contributed by atoms with Crippen molar-refractivity contribution in [3.8, 4) is 5.75 Å². The SMILES string of the molecule is Cc1nc2c(cc1OCCOC1CCCCO1)C[C@@H]1CN(C(=O)OC(C)(C)C)C[C@@H](C)N21. The lowest BCUT2D eigenvalue weighted by Gasteiger charge is -2.43. The zero-order chi connectivity index (χ0) is 22.9. The summed E-state index contributed by atoms with van der Waals surface area (Å²) >= 11 is 0. The number of carbonyl (C=O) groups excluding carboxylic acids is 1. The number of amides is 1. The van der Waals surface area contributed by atoms with Gasteiger partial charge in [0.05, 0.1) is 18.3 Å². The molecule has 8 nitrogen and oxygen atoms in total. The quantitative estimate of drug-likeness (QED) is 0.638. The van der Waals surface area contributed by atoms with Gasteiger partial charge in [0, 0.05) is 31.3 Å². The molecule has 1 aromatic rings. The normalized spacial score (nSPS) is 25.3. The number of piperazine rings is 1. The second-order valence-corrected chi connectivity index (χ2v) is 10.1. The molecule has 4 heterocycles. The van der Waals surface area contributed by atoms with E-state index in [1.165, 1.54) is 5.56 Å². The van der Waals surface area contributed by atoms with E-state index in [1.54, 1.807) is 0 Å². The number of hydrogen-bond acceptors (Lipinski definition) is 7. The predicted molar refractivity (Wildman–Crippen MR) is 121 cm³/mol. The van der Waals surface area contributed by atoms with Gasteiger partial charge in [-0.05, 0) is 66.4 Å². The van der Waals surface area contributed by atoms with Gasteiger partial charge in [0.1, 0.15) is 23.8 Å². The average Bonchev–Trinajstić information content (AvgIpc) is 3.08. The Balaban J connectivity index is 1.36. The minimum Gasteiger partial charge on any atom is -0.489 e. The number of rotatable bonds is 5. The molecule has 0 radical (unpaired) electrons. The Kier molecular flexibility index (Phi) is 6.81. The molecule has 0 aliphatic carbocycles. The first kappa shape index (κ1) is 23.1. The second kappa shape index (κ2) is 9.43. The Labute approximate surface area is 191 Å². The van der Waals surface area contributed by atoms with Crippen LogP contribution in [0.1, 0.15) is 58.2 Å². The van der Waals surface area contributed by atoms with Crippen molar-refractivity contribution < 1.29 is 23.7 Å². The van der Waals surface area contributed by atoms with E-state index in [-0.39, 0.29) is 24.5 Å². The summed E-state index contributed by atoms with van der Waals surface area (Å²) in [5.74, 6) is 1.82. The summed E-state index contributed by atoms with van der Waals surface area (Å²) in [6.45, 7) is 12.8. The minimum absolute atomic E-state index is 0.100. The summed E-state index contributed by atoms with van der Waals surface area (Å²) in [6, 6.07) is 2.48. The van der Waals surface area contributed by atoms with Crippen molar-refractivity contribution in [2.45, 2.75) is 84.3 Å². The predicted octanol–water partition coefficient (Wildman–Crippen LogP) is 3.68. The molecule has 3 atom stereocenters. The first-order chi connectivity index (χ1) is 15.2. The Bertz CT molecular complexity index is 819. The molecular weight excluding hydrogens is 410 g/mol. The van der Waals surface area contributed by atoms with Crippen LogP contribution in [0.5, 0.6) is 5.75 Å². The molecule has 32 heavy (non-hydrogen) atoms. The molecule has 0 spiro atoms. The van der Waals surface area contributed by atoms with Gasteiger partial charge in [-0.1, -0.05) is 0 Å². The average molecular weight is 448 g/mol. The molecule has 1 amide bonds. The molecule has 1 aromatic heterocycles. The Morgan fingerprint density at radius 2 is 2.06 bits per heavy atom. The molecule has 4 rings (SSSR count). The number of nitrogens with zero attached hydrogens (tertiary/aromatic N) is 3. The number of hydrogen-bond donors (Lipinski definition) is 0. The van der Waals surface area contributed by atoms with Gasteiger partial charge in [-0.25, -0.2) is 9.78 Å². The monoisotopic (exact) mass is 447 g/mol. The first-order valence-corrected chi connectivity index (χ1v) is 11.8. The van der Waals surface area contributed by atoms with Gasteiger partial charge in [0.15, 0.2) is 6.29 Å². The maximum absolute atomic E-state index is 12.6. The standard InChI is InChI=1S/C24H37N3O5/c1-16-14-26(23(28)32-24(3,4)5)15-19-12-18-13-20(17(2)25-22(18)27(16)19)29-10-11-31-21-8-6-7-9-30-21/h13,16,19,21H,6-12,14-15H2,1-5H3/t16-,19-,21?/m1/s1. The molecule has 0 saturated carbocycles. The fraction of sp³-hybridized carbons (Fsp3) is 0.750. The van der Waals surface area contributed by atoms with Crippen LogP contribution in [0, 0.1) is 6.92 Å². The van der Waals surface area contributed by atoms with Crippen LogP contribution in [-0.2, 0) is 20.6 Å². The maximum Gasteiger partial charge on any atom is 0.410 e. The molecule has 2 fully saturated rings. The summed E-state index contributed by atoms with van der Waals surface area (Å²) < 4.78 is 23.0. The lowest BCUT2D eigenvalue weighted by atomic mass is 10.1. The smallest absolute Gasteiger partial charge is 0.410 e. The van der Waals surface area contributed by atoms with Crippen LogP contribution >= 0.6 is 0 Å². The summed E-state index contributed by atoms with van der Waals surface area (Å²) in [7, 11) is 0. The molecular formula is C24H37N3O5. The molecule has 0 bridgehead atoms. The van der Waals surface area contributed by atoms with E-state index in [4.69, 9.17) is 23.9 Å². The zero-order valence-electron chi connectivity index (χ0n) is 20.1. The first-order valence-electron chi connectivity index (χ1n) is 11.8. The lowest BCUT2D eigenvalue weighted by molar-refractivity contribution is -0.165. The van der Waals surface area contributed by atoms with Crippen molar-refractivity contribution in [1.82, 2.24) is 9.88 Å². The number of fused-ring (bicyclic) bond motifs is 3. The Morgan fingerprint density at radius 3 is 2.78 bits per heavy atom. The number of aromatic nitrogens is 1. The molecule has 3 aliphatic heterocycles. The second-order valence-electron chi connectivity index (χ2n) is 10.1. The topological polar surface area (TPSA) is 73.4 Å². The molecule has 178 valence electrons.